The van der Waals surface area contributed by atoms with Gasteiger partial charge in [0.25, 0.3) is 0 Å². The van der Waals surface area contributed by atoms with E-state index in [1.165, 1.54) is 0 Å². The number of rotatable bonds is 5. The van der Waals surface area contributed by atoms with Gasteiger partial charge in [-0.05, 0) is 23.0 Å². The molecule has 3 rings (SSSR count). The molecule has 136 valence electrons. The van der Waals surface area contributed by atoms with Gasteiger partial charge in [-0.25, -0.2) is 0 Å². The molecule has 0 radical (unpaired) electrons. The van der Waals surface area contributed by atoms with E-state index in [0.29, 0.717) is 5.02 Å². The van der Waals surface area contributed by atoms with Crippen molar-refractivity contribution in [3.8, 4) is 11.1 Å². The van der Waals surface area contributed by atoms with E-state index in [-0.39, 0.29) is 34.3 Å². The van der Waals surface area contributed by atoms with Crippen molar-refractivity contribution < 1.29 is 9.53 Å². The van der Waals surface area contributed by atoms with Crippen LogP contribution in [0.1, 0.15) is 19.4 Å². The topological polar surface area (TPSA) is 26.3 Å². The van der Waals surface area contributed by atoms with E-state index in [2.05, 4.69) is 0 Å². The first-order valence-electron chi connectivity index (χ1n) is 8.34. The highest BCUT2D eigenvalue weighted by molar-refractivity contribution is 6.55. The average Bonchev–Trinajstić information content (AvgIpc) is 3.14. The van der Waals surface area contributed by atoms with Crippen LogP contribution in [0.25, 0.3) is 11.1 Å². The summed E-state index contributed by atoms with van der Waals surface area (Å²) in [5.41, 5.74) is 2.52. The second-order valence-electron chi connectivity index (χ2n) is 7.03. The van der Waals surface area contributed by atoms with Gasteiger partial charge >= 0.3 is 5.97 Å². The molecule has 0 aromatic heterocycles. The van der Waals surface area contributed by atoms with Gasteiger partial charge in [-0.3, -0.25) is 4.79 Å². The van der Waals surface area contributed by atoms with Gasteiger partial charge in [0.1, 0.15) is 11.1 Å². The first kappa shape index (κ1) is 19.3. The maximum Gasteiger partial charge on any atom is 0.310 e. The highest BCUT2D eigenvalue weighted by Crippen LogP contribution is 2.60. The highest BCUT2D eigenvalue weighted by Gasteiger charge is 2.61. The first-order valence-corrected chi connectivity index (χ1v) is 9.48. The van der Waals surface area contributed by atoms with E-state index >= 15 is 0 Å². The standard InChI is InChI=1S/C21H19Cl3O2/c1-21(2)16(11-17(22)23)18(21)20(25)26-12-14-9-6-10-15(19(14)24)13-7-4-3-5-8-13/h3-11,16,18H,12H2,1-2H3. The highest BCUT2D eigenvalue weighted by atomic mass is 35.5. The number of benzene rings is 2. The van der Waals surface area contributed by atoms with Crippen LogP contribution in [0, 0.1) is 17.3 Å². The van der Waals surface area contributed by atoms with Crippen molar-refractivity contribution in [1.29, 1.82) is 0 Å². The minimum Gasteiger partial charge on any atom is -0.461 e. The fraction of sp³-hybridized carbons (Fsp3) is 0.286. The fourth-order valence-electron chi connectivity index (χ4n) is 3.35. The summed E-state index contributed by atoms with van der Waals surface area (Å²) in [5, 5.41) is 0.599. The molecular weight excluding hydrogens is 391 g/mol. The molecule has 0 spiro atoms. The van der Waals surface area contributed by atoms with Gasteiger partial charge in [0, 0.05) is 11.1 Å². The molecule has 0 N–H and O–H groups in total. The lowest BCUT2D eigenvalue weighted by Gasteiger charge is -2.11. The van der Waals surface area contributed by atoms with Crippen LogP contribution in [0.5, 0.6) is 0 Å². The molecule has 26 heavy (non-hydrogen) atoms. The Hall–Kier alpha value is -1.48. The molecule has 1 aliphatic carbocycles. The van der Waals surface area contributed by atoms with Crippen molar-refractivity contribution >= 4 is 40.8 Å². The molecule has 0 amide bonds. The Balaban J connectivity index is 1.71. The van der Waals surface area contributed by atoms with E-state index in [9.17, 15) is 4.79 Å². The smallest absolute Gasteiger partial charge is 0.310 e. The average molecular weight is 410 g/mol. The van der Waals surface area contributed by atoms with Crippen LogP contribution in [0.3, 0.4) is 0 Å². The molecule has 1 aliphatic rings. The monoisotopic (exact) mass is 408 g/mol. The predicted octanol–water partition coefficient (Wildman–Crippen LogP) is 6.64. The Morgan fingerprint density at radius 2 is 1.81 bits per heavy atom. The van der Waals surface area contributed by atoms with Gasteiger partial charge in [0.2, 0.25) is 0 Å². The molecular formula is C21H19Cl3O2. The van der Waals surface area contributed by atoms with Crippen molar-refractivity contribution in [2.24, 2.45) is 17.3 Å². The van der Waals surface area contributed by atoms with E-state index in [0.717, 1.165) is 16.7 Å². The maximum absolute atomic E-state index is 12.5. The third-order valence-electron chi connectivity index (χ3n) is 5.00. The van der Waals surface area contributed by atoms with Gasteiger partial charge in [-0.1, -0.05) is 97.2 Å². The van der Waals surface area contributed by atoms with Gasteiger partial charge in [-0.15, -0.1) is 0 Å². The molecule has 0 heterocycles. The minimum atomic E-state index is -0.257. The second-order valence-corrected chi connectivity index (χ2v) is 8.42. The SMILES string of the molecule is CC1(C)C(C=C(Cl)Cl)C1C(=O)OCc1cccc(-c2ccccc2)c1Cl. The molecule has 0 aliphatic heterocycles. The van der Waals surface area contributed by atoms with Crippen LogP contribution >= 0.6 is 34.8 Å². The largest absolute Gasteiger partial charge is 0.461 e. The summed E-state index contributed by atoms with van der Waals surface area (Å²) in [6.45, 7) is 4.13. The molecule has 2 unspecified atom stereocenters. The molecule has 1 fully saturated rings. The normalized spacial score (nSPS) is 20.3. The number of hydrogen-bond acceptors (Lipinski definition) is 2. The van der Waals surface area contributed by atoms with Crippen LogP contribution in [0.15, 0.2) is 59.1 Å². The number of carbonyl (C=O) groups is 1. The summed E-state index contributed by atoms with van der Waals surface area (Å²) >= 11 is 18.0. The molecule has 1 saturated carbocycles. The Labute approximate surface area is 168 Å². The minimum absolute atomic E-state index is 0.00822. The zero-order valence-electron chi connectivity index (χ0n) is 14.5. The van der Waals surface area contributed by atoms with Crippen molar-refractivity contribution in [2.75, 3.05) is 0 Å². The summed E-state index contributed by atoms with van der Waals surface area (Å²) in [6, 6.07) is 15.6. The summed E-state index contributed by atoms with van der Waals surface area (Å²) in [7, 11) is 0. The molecule has 2 nitrogen and oxygen atoms in total. The number of allylic oxidation sites excluding steroid dienone is 1. The number of ether oxygens (including phenoxy) is 1. The van der Waals surface area contributed by atoms with Crippen LogP contribution < -0.4 is 0 Å². The van der Waals surface area contributed by atoms with Crippen LogP contribution in [-0.4, -0.2) is 5.97 Å². The fourth-order valence-corrected chi connectivity index (χ4v) is 3.91. The Kier molecular flexibility index (Phi) is 5.67. The lowest BCUT2D eigenvalue weighted by molar-refractivity contribution is -0.147. The predicted molar refractivity (Wildman–Crippen MR) is 107 cm³/mol. The van der Waals surface area contributed by atoms with Crippen LogP contribution in [0.2, 0.25) is 5.02 Å². The van der Waals surface area contributed by atoms with Crippen molar-refractivity contribution in [1.82, 2.24) is 0 Å². The molecule has 5 heteroatoms. The van der Waals surface area contributed by atoms with Gasteiger partial charge in [0.05, 0.1) is 10.9 Å². The maximum atomic E-state index is 12.5. The summed E-state index contributed by atoms with van der Waals surface area (Å²) < 4.78 is 5.71. The van der Waals surface area contributed by atoms with Crippen LogP contribution in [0.4, 0.5) is 0 Å². The molecule has 2 atom stereocenters. The lowest BCUT2D eigenvalue weighted by atomic mass is 10.0. The van der Waals surface area contributed by atoms with E-state index in [1.807, 2.05) is 62.4 Å². The van der Waals surface area contributed by atoms with Crippen LogP contribution in [-0.2, 0) is 16.1 Å². The first-order chi connectivity index (χ1) is 12.3. The Morgan fingerprint density at radius 1 is 1.12 bits per heavy atom. The Morgan fingerprint density at radius 3 is 2.46 bits per heavy atom. The van der Waals surface area contributed by atoms with Crippen molar-refractivity contribution in [3.63, 3.8) is 0 Å². The Bertz CT molecular complexity index is 840. The van der Waals surface area contributed by atoms with Gasteiger partial charge < -0.3 is 4.74 Å². The number of carbonyl (C=O) groups excluding carboxylic acids is 1. The van der Waals surface area contributed by atoms with E-state index in [4.69, 9.17) is 39.5 Å². The van der Waals surface area contributed by atoms with E-state index in [1.54, 1.807) is 6.08 Å². The molecule has 2 aromatic carbocycles. The quantitative estimate of drug-likeness (QED) is 0.517. The zero-order valence-corrected chi connectivity index (χ0v) is 16.8. The van der Waals surface area contributed by atoms with Gasteiger partial charge in [-0.2, -0.15) is 0 Å². The molecule has 0 bridgehead atoms. The molecule has 2 aromatic rings. The zero-order chi connectivity index (χ0) is 18.9. The van der Waals surface area contributed by atoms with Crippen molar-refractivity contribution in [3.05, 3.63) is 69.7 Å². The summed E-state index contributed by atoms with van der Waals surface area (Å²) in [4.78, 5) is 12.5. The van der Waals surface area contributed by atoms with Gasteiger partial charge in [0.15, 0.2) is 0 Å². The number of esters is 1. The molecule has 0 saturated heterocycles. The summed E-state index contributed by atoms with van der Waals surface area (Å²) in [5.74, 6) is -0.510. The third kappa shape index (κ3) is 3.93. The number of halogens is 3. The number of hydrogen-bond donors (Lipinski definition) is 0. The lowest BCUT2D eigenvalue weighted by Crippen LogP contribution is -2.11. The van der Waals surface area contributed by atoms with Crippen molar-refractivity contribution in [2.45, 2.75) is 20.5 Å². The third-order valence-corrected chi connectivity index (χ3v) is 5.70. The van der Waals surface area contributed by atoms with E-state index < -0.39 is 0 Å². The summed E-state index contributed by atoms with van der Waals surface area (Å²) in [6.07, 6.45) is 1.71. The second kappa shape index (κ2) is 7.64.